The molecule has 0 aliphatic carbocycles. The van der Waals surface area contributed by atoms with E-state index in [0.29, 0.717) is 6.07 Å². The third-order valence-electron chi connectivity index (χ3n) is 3.02. The fraction of sp³-hybridized carbons (Fsp3) is 0.231. The van der Waals surface area contributed by atoms with Crippen molar-refractivity contribution in [3.05, 3.63) is 40.5 Å². The first kappa shape index (κ1) is 22.2. The van der Waals surface area contributed by atoms with Crippen molar-refractivity contribution in [2.24, 2.45) is 0 Å². The second-order valence-corrected chi connectivity index (χ2v) is 4.67. The maximum absolute atomic E-state index is 13.6. The smallest absolute Gasteiger partial charge is 0.439 e. The summed E-state index contributed by atoms with van der Waals surface area (Å²) in [6.45, 7) is 0. The molecule has 1 aromatic rings. The van der Waals surface area contributed by atoms with Gasteiger partial charge in [0.1, 0.15) is 17.4 Å². The van der Waals surface area contributed by atoms with Gasteiger partial charge < -0.3 is 5.11 Å². The standard InChI is InChI=1S/C13H2F11NO2/c14-7-3(2-25)8(15)10(17)6(9(7)16)4(26)1-5(27)11(18,12(19,20)21)13(22,23)24/h1,26H/b4-1-. The van der Waals surface area contributed by atoms with Crippen LogP contribution in [-0.4, -0.2) is 28.9 Å². The van der Waals surface area contributed by atoms with Gasteiger partial charge >= 0.3 is 18.0 Å². The second kappa shape index (κ2) is 6.71. The van der Waals surface area contributed by atoms with Crippen LogP contribution in [0.5, 0.6) is 0 Å². The molecule has 3 nitrogen and oxygen atoms in total. The van der Waals surface area contributed by atoms with Gasteiger partial charge in [0, 0.05) is 6.08 Å². The number of aliphatic hydroxyl groups is 1. The number of nitriles is 1. The predicted octanol–water partition coefficient (Wildman–Crippen LogP) is 4.42. The number of ketones is 1. The lowest BCUT2D eigenvalue weighted by Gasteiger charge is -2.27. The van der Waals surface area contributed by atoms with E-state index in [2.05, 4.69) is 0 Å². The molecular weight excluding hydrogens is 411 g/mol. The van der Waals surface area contributed by atoms with E-state index in [0.717, 1.165) is 0 Å². The van der Waals surface area contributed by atoms with E-state index >= 15 is 0 Å². The number of nitrogens with zero attached hydrogens (tertiary/aromatic N) is 1. The molecule has 0 unspecified atom stereocenters. The summed E-state index contributed by atoms with van der Waals surface area (Å²) in [7, 11) is 0. The van der Waals surface area contributed by atoms with Crippen LogP contribution in [0.15, 0.2) is 6.08 Å². The first-order valence-electron chi connectivity index (χ1n) is 6.06. The molecule has 0 spiro atoms. The maximum Gasteiger partial charge on any atom is 0.439 e. The third-order valence-corrected chi connectivity index (χ3v) is 3.02. The Morgan fingerprint density at radius 1 is 0.852 bits per heavy atom. The third kappa shape index (κ3) is 3.40. The van der Waals surface area contributed by atoms with Gasteiger partial charge in [0.15, 0.2) is 23.3 Å². The lowest BCUT2D eigenvalue weighted by Crippen LogP contribution is -2.58. The number of hydrogen-bond acceptors (Lipinski definition) is 3. The molecular formula is C13H2F11NO2. The minimum Gasteiger partial charge on any atom is -0.507 e. The largest absolute Gasteiger partial charge is 0.507 e. The van der Waals surface area contributed by atoms with Crippen molar-refractivity contribution in [1.29, 1.82) is 5.26 Å². The van der Waals surface area contributed by atoms with Crippen LogP contribution in [0, 0.1) is 34.6 Å². The zero-order valence-electron chi connectivity index (χ0n) is 12.0. The molecule has 0 aliphatic heterocycles. The van der Waals surface area contributed by atoms with E-state index in [-0.39, 0.29) is 0 Å². The normalized spacial score (nSPS) is 13.5. The highest BCUT2D eigenvalue weighted by Gasteiger charge is 2.76. The van der Waals surface area contributed by atoms with Crippen LogP contribution in [0.25, 0.3) is 5.76 Å². The molecule has 0 radical (unpaired) electrons. The number of benzene rings is 1. The summed E-state index contributed by atoms with van der Waals surface area (Å²) in [5.41, 5.74) is -10.8. The Hall–Kier alpha value is -2.85. The Kier molecular flexibility index (Phi) is 5.51. The van der Waals surface area contributed by atoms with Crippen LogP contribution in [-0.2, 0) is 4.79 Å². The van der Waals surface area contributed by atoms with Crippen LogP contribution in [0.4, 0.5) is 48.3 Å². The van der Waals surface area contributed by atoms with Crippen molar-refractivity contribution in [1.82, 2.24) is 0 Å². The molecule has 0 saturated heterocycles. The van der Waals surface area contributed by atoms with Crippen molar-refractivity contribution in [3.63, 3.8) is 0 Å². The van der Waals surface area contributed by atoms with Crippen molar-refractivity contribution in [2.75, 3.05) is 0 Å². The Morgan fingerprint density at radius 2 is 1.22 bits per heavy atom. The van der Waals surface area contributed by atoms with Gasteiger partial charge in [0.2, 0.25) is 5.78 Å². The summed E-state index contributed by atoms with van der Waals surface area (Å²) in [5, 5.41) is 17.5. The van der Waals surface area contributed by atoms with Crippen molar-refractivity contribution < 1.29 is 58.2 Å². The number of hydrogen-bond donors (Lipinski definition) is 1. The van der Waals surface area contributed by atoms with E-state index in [4.69, 9.17) is 5.26 Å². The number of rotatable bonds is 3. The first-order valence-corrected chi connectivity index (χ1v) is 6.06. The maximum atomic E-state index is 13.6. The molecule has 0 atom stereocenters. The van der Waals surface area contributed by atoms with E-state index in [1.807, 2.05) is 0 Å². The number of alkyl halides is 7. The summed E-state index contributed by atoms with van der Waals surface area (Å²) in [6.07, 6.45) is -15.1. The highest BCUT2D eigenvalue weighted by molar-refractivity contribution is 6.02. The molecule has 0 fully saturated rings. The van der Waals surface area contributed by atoms with Gasteiger partial charge in [-0.15, -0.1) is 0 Å². The van der Waals surface area contributed by atoms with Crippen LogP contribution in [0.3, 0.4) is 0 Å². The van der Waals surface area contributed by atoms with Crippen LogP contribution >= 0.6 is 0 Å². The Bertz CT molecular complexity index is 818. The summed E-state index contributed by atoms with van der Waals surface area (Å²) < 4.78 is 141. The molecule has 0 heterocycles. The summed E-state index contributed by atoms with van der Waals surface area (Å²) in [4.78, 5) is 11.1. The van der Waals surface area contributed by atoms with E-state index in [9.17, 15) is 58.2 Å². The quantitative estimate of drug-likeness (QED) is 0.346. The van der Waals surface area contributed by atoms with Crippen LogP contribution in [0.2, 0.25) is 0 Å². The van der Waals surface area contributed by atoms with Gasteiger partial charge in [-0.2, -0.15) is 31.6 Å². The van der Waals surface area contributed by atoms with Gasteiger partial charge in [-0.25, -0.2) is 22.0 Å². The molecule has 1 aromatic carbocycles. The highest BCUT2D eigenvalue weighted by atomic mass is 19.4. The van der Waals surface area contributed by atoms with Gasteiger partial charge in [-0.1, -0.05) is 0 Å². The van der Waals surface area contributed by atoms with Crippen molar-refractivity contribution in [3.8, 4) is 6.07 Å². The lowest BCUT2D eigenvalue weighted by molar-refractivity contribution is -0.323. The Balaban J connectivity index is 3.68. The summed E-state index contributed by atoms with van der Waals surface area (Å²) in [5.74, 6) is -16.3. The summed E-state index contributed by atoms with van der Waals surface area (Å²) in [6, 6.07) is 0.661. The van der Waals surface area contributed by atoms with Crippen molar-refractivity contribution in [2.45, 2.75) is 18.0 Å². The number of carbonyl (C=O) groups excluding carboxylic acids is 1. The number of halogens is 11. The number of carbonyl (C=O) groups is 1. The molecule has 148 valence electrons. The molecule has 1 N–H and O–H groups in total. The van der Waals surface area contributed by atoms with Crippen LogP contribution in [0.1, 0.15) is 11.1 Å². The summed E-state index contributed by atoms with van der Waals surface area (Å²) >= 11 is 0. The van der Waals surface area contributed by atoms with Crippen LogP contribution < -0.4 is 0 Å². The minimum absolute atomic E-state index is 0.661. The monoisotopic (exact) mass is 413 g/mol. The molecule has 0 aromatic heterocycles. The Morgan fingerprint density at radius 3 is 1.52 bits per heavy atom. The van der Waals surface area contributed by atoms with Crippen molar-refractivity contribution >= 4 is 11.5 Å². The SMILES string of the molecule is N#Cc1c(F)c(F)c(/C(O)=C/C(=O)C(F)(C(F)(F)F)C(F)(F)F)c(F)c1F. The predicted molar refractivity (Wildman–Crippen MR) is 62.6 cm³/mol. The molecule has 1 rings (SSSR count). The average Bonchev–Trinajstić information content (AvgIpc) is 2.50. The molecule has 14 heteroatoms. The van der Waals surface area contributed by atoms with E-state index in [1.54, 1.807) is 0 Å². The highest BCUT2D eigenvalue weighted by Crippen LogP contribution is 2.47. The first-order chi connectivity index (χ1) is 12.0. The zero-order chi connectivity index (χ0) is 21.5. The lowest BCUT2D eigenvalue weighted by atomic mass is 9.96. The van der Waals surface area contributed by atoms with Gasteiger partial charge in [-0.05, 0) is 0 Å². The Labute approximate surface area is 140 Å². The molecule has 27 heavy (non-hydrogen) atoms. The molecule has 0 amide bonds. The van der Waals surface area contributed by atoms with Gasteiger partial charge in [0.25, 0.3) is 0 Å². The van der Waals surface area contributed by atoms with Gasteiger partial charge in [0.05, 0.1) is 5.56 Å². The molecule has 0 aliphatic rings. The fourth-order valence-corrected chi connectivity index (χ4v) is 1.69. The fourth-order valence-electron chi connectivity index (χ4n) is 1.69. The number of aliphatic hydroxyl groups excluding tert-OH is 1. The second-order valence-electron chi connectivity index (χ2n) is 4.67. The number of allylic oxidation sites excluding steroid dienone is 1. The minimum atomic E-state index is -6.91. The van der Waals surface area contributed by atoms with E-state index < -0.39 is 70.0 Å². The molecule has 0 saturated carbocycles. The molecule has 0 bridgehead atoms. The average molecular weight is 413 g/mol. The topological polar surface area (TPSA) is 61.1 Å². The van der Waals surface area contributed by atoms with Gasteiger partial charge in [-0.3, -0.25) is 4.79 Å². The van der Waals surface area contributed by atoms with E-state index in [1.165, 1.54) is 0 Å². The zero-order valence-corrected chi connectivity index (χ0v) is 12.0.